The first-order chi connectivity index (χ1) is 9.61. The highest BCUT2D eigenvalue weighted by molar-refractivity contribution is 9.10. The summed E-state index contributed by atoms with van der Waals surface area (Å²) in [5.74, 6) is 0.317. The molecule has 3 aromatic rings. The highest BCUT2D eigenvalue weighted by Crippen LogP contribution is 2.28. The minimum atomic E-state index is -0.271. The van der Waals surface area contributed by atoms with Gasteiger partial charge in [-0.15, -0.1) is 0 Å². The lowest BCUT2D eigenvalue weighted by molar-refractivity contribution is 0.489. The summed E-state index contributed by atoms with van der Waals surface area (Å²) in [4.78, 5) is 4.34. The molecule has 0 unspecified atom stereocenters. The molecule has 3 rings (SSSR count). The van der Waals surface area contributed by atoms with Crippen LogP contribution < -0.4 is 0 Å². The summed E-state index contributed by atoms with van der Waals surface area (Å²) < 4.78 is 19.5. The second kappa shape index (κ2) is 5.76. The third-order valence-corrected chi connectivity index (χ3v) is 4.45. The average Bonchev–Trinajstić information content (AvgIpc) is 2.82. The van der Waals surface area contributed by atoms with Crippen molar-refractivity contribution in [1.29, 1.82) is 0 Å². The van der Waals surface area contributed by atoms with Crippen LogP contribution >= 0.6 is 39.3 Å². The van der Waals surface area contributed by atoms with Gasteiger partial charge in [-0.3, -0.25) is 0 Å². The standard InChI is InChI=1S/C14H8BrClFNOS/c15-10-3-1-8(5-11(10)17)7-20-14-18-12-4-2-9(16)6-13(12)19-14/h1-6H,7H2. The van der Waals surface area contributed by atoms with Gasteiger partial charge in [0, 0.05) is 16.8 Å². The Morgan fingerprint density at radius 1 is 1.25 bits per heavy atom. The van der Waals surface area contributed by atoms with Gasteiger partial charge in [0.05, 0.1) is 4.47 Å². The van der Waals surface area contributed by atoms with Gasteiger partial charge in [0.15, 0.2) is 5.58 Å². The maximum absolute atomic E-state index is 13.4. The highest BCUT2D eigenvalue weighted by Gasteiger charge is 2.08. The molecular weight excluding hydrogens is 365 g/mol. The Labute approximate surface area is 132 Å². The smallest absolute Gasteiger partial charge is 0.257 e. The minimum Gasteiger partial charge on any atom is -0.431 e. The molecule has 2 aromatic carbocycles. The minimum absolute atomic E-state index is 0.271. The third kappa shape index (κ3) is 3.00. The van der Waals surface area contributed by atoms with E-state index < -0.39 is 0 Å². The second-order valence-electron chi connectivity index (χ2n) is 4.13. The molecule has 0 radical (unpaired) electrons. The zero-order chi connectivity index (χ0) is 14.1. The molecule has 0 spiro atoms. The van der Waals surface area contributed by atoms with Gasteiger partial charge in [0.1, 0.15) is 11.3 Å². The van der Waals surface area contributed by atoms with E-state index in [1.54, 1.807) is 18.2 Å². The fourth-order valence-electron chi connectivity index (χ4n) is 1.71. The first-order valence-electron chi connectivity index (χ1n) is 5.74. The van der Waals surface area contributed by atoms with Crippen molar-refractivity contribution in [3.05, 3.63) is 57.3 Å². The van der Waals surface area contributed by atoms with E-state index in [0.717, 1.165) is 11.1 Å². The monoisotopic (exact) mass is 371 g/mol. The fourth-order valence-corrected chi connectivity index (χ4v) is 2.90. The number of nitrogens with zero attached hydrogens (tertiary/aromatic N) is 1. The van der Waals surface area contributed by atoms with E-state index in [4.69, 9.17) is 16.0 Å². The molecule has 0 fully saturated rings. The molecule has 0 atom stereocenters. The molecule has 6 heteroatoms. The number of hydrogen-bond acceptors (Lipinski definition) is 3. The molecule has 0 amide bonds. The molecule has 1 aromatic heterocycles. The van der Waals surface area contributed by atoms with Crippen LogP contribution in [0.5, 0.6) is 0 Å². The lowest BCUT2D eigenvalue weighted by Gasteiger charge is -2.00. The largest absolute Gasteiger partial charge is 0.431 e. The van der Waals surface area contributed by atoms with Crippen molar-refractivity contribution in [1.82, 2.24) is 4.98 Å². The molecule has 0 aliphatic rings. The van der Waals surface area contributed by atoms with E-state index in [0.29, 0.717) is 26.1 Å². The van der Waals surface area contributed by atoms with Crippen LogP contribution in [0.3, 0.4) is 0 Å². The van der Waals surface area contributed by atoms with Crippen LogP contribution in [0.2, 0.25) is 5.02 Å². The lowest BCUT2D eigenvalue weighted by atomic mass is 10.2. The van der Waals surface area contributed by atoms with Crippen molar-refractivity contribution in [3.8, 4) is 0 Å². The Bertz CT molecular complexity index is 777. The number of aromatic nitrogens is 1. The van der Waals surface area contributed by atoms with Crippen LogP contribution in [0.15, 0.2) is 50.5 Å². The number of benzene rings is 2. The predicted octanol–water partition coefficient (Wildman–Crippen LogP) is 5.68. The molecule has 0 aliphatic heterocycles. The molecule has 0 aliphatic carbocycles. The number of oxazole rings is 1. The van der Waals surface area contributed by atoms with Crippen LogP contribution in [0.1, 0.15) is 5.56 Å². The zero-order valence-corrected chi connectivity index (χ0v) is 13.2. The molecule has 1 heterocycles. The third-order valence-electron chi connectivity index (χ3n) is 2.68. The number of hydrogen-bond donors (Lipinski definition) is 0. The maximum atomic E-state index is 13.4. The maximum Gasteiger partial charge on any atom is 0.257 e. The fraction of sp³-hybridized carbons (Fsp3) is 0.0714. The van der Waals surface area contributed by atoms with Crippen LogP contribution in [0.25, 0.3) is 11.1 Å². The van der Waals surface area contributed by atoms with Gasteiger partial charge in [-0.2, -0.15) is 0 Å². The zero-order valence-electron chi connectivity index (χ0n) is 10.1. The Morgan fingerprint density at radius 3 is 2.90 bits per heavy atom. The summed E-state index contributed by atoms with van der Waals surface area (Å²) in [5.41, 5.74) is 2.29. The summed E-state index contributed by atoms with van der Waals surface area (Å²) in [6, 6.07) is 10.4. The summed E-state index contributed by atoms with van der Waals surface area (Å²) in [5, 5.41) is 1.16. The molecule has 2 nitrogen and oxygen atoms in total. The van der Waals surface area contributed by atoms with E-state index in [1.807, 2.05) is 12.1 Å². The molecule has 20 heavy (non-hydrogen) atoms. The molecular formula is C14H8BrClFNOS. The summed E-state index contributed by atoms with van der Waals surface area (Å²) in [6.07, 6.45) is 0. The Hall–Kier alpha value is -1.04. The van der Waals surface area contributed by atoms with Crippen molar-refractivity contribution >= 4 is 50.4 Å². The van der Waals surface area contributed by atoms with Gasteiger partial charge in [-0.1, -0.05) is 29.4 Å². The van der Waals surface area contributed by atoms with E-state index in [1.165, 1.54) is 17.8 Å². The second-order valence-corrected chi connectivity index (χ2v) is 6.35. The normalized spacial score (nSPS) is 11.2. The molecule has 0 N–H and O–H groups in total. The quantitative estimate of drug-likeness (QED) is 0.554. The van der Waals surface area contributed by atoms with E-state index in [-0.39, 0.29) is 5.82 Å². The molecule has 102 valence electrons. The SMILES string of the molecule is Fc1cc(CSc2nc3ccc(Cl)cc3o2)ccc1Br. The van der Waals surface area contributed by atoms with Crippen molar-refractivity contribution in [2.24, 2.45) is 0 Å². The van der Waals surface area contributed by atoms with Gasteiger partial charge >= 0.3 is 0 Å². The number of halogens is 3. The van der Waals surface area contributed by atoms with Crippen LogP contribution in [-0.4, -0.2) is 4.98 Å². The molecule has 0 bridgehead atoms. The van der Waals surface area contributed by atoms with Crippen molar-refractivity contribution < 1.29 is 8.81 Å². The Balaban J connectivity index is 1.77. The summed E-state index contributed by atoms with van der Waals surface area (Å²) in [6.45, 7) is 0. The average molecular weight is 373 g/mol. The van der Waals surface area contributed by atoms with Gasteiger partial charge in [0.25, 0.3) is 5.22 Å². The van der Waals surface area contributed by atoms with Gasteiger partial charge in [-0.25, -0.2) is 9.37 Å². The van der Waals surface area contributed by atoms with E-state index in [2.05, 4.69) is 20.9 Å². The highest BCUT2D eigenvalue weighted by atomic mass is 79.9. The molecule has 0 saturated carbocycles. The predicted molar refractivity (Wildman–Crippen MR) is 82.7 cm³/mol. The van der Waals surface area contributed by atoms with Crippen molar-refractivity contribution in [3.63, 3.8) is 0 Å². The lowest BCUT2D eigenvalue weighted by Crippen LogP contribution is -1.84. The summed E-state index contributed by atoms with van der Waals surface area (Å²) >= 11 is 10.4. The van der Waals surface area contributed by atoms with Crippen LogP contribution in [0.4, 0.5) is 4.39 Å². The van der Waals surface area contributed by atoms with Gasteiger partial charge in [0.2, 0.25) is 0 Å². The number of rotatable bonds is 3. The summed E-state index contributed by atoms with van der Waals surface area (Å²) in [7, 11) is 0. The van der Waals surface area contributed by atoms with Crippen molar-refractivity contribution in [2.75, 3.05) is 0 Å². The Morgan fingerprint density at radius 2 is 2.10 bits per heavy atom. The topological polar surface area (TPSA) is 26.0 Å². The Kier molecular flexibility index (Phi) is 4.01. The van der Waals surface area contributed by atoms with Crippen molar-refractivity contribution in [2.45, 2.75) is 11.0 Å². The van der Waals surface area contributed by atoms with Crippen LogP contribution in [-0.2, 0) is 5.75 Å². The molecule has 0 saturated heterocycles. The van der Waals surface area contributed by atoms with E-state index >= 15 is 0 Å². The van der Waals surface area contributed by atoms with E-state index in [9.17, 15) is 4.39 Å². The first kappa shape index (κ1) is 13.9. The first-order valence-corrected chi connectivity index (χ1v) is 7.90. The van der Waals surface area contributed by atoms with Gasteiger partial charge in [-0.05, 0) is 45.8 Å². The number of thioether (sulfide) groups is 1. The van der Waals surface area contributed by atoms with Crippen LogP contribution in [0, 0.1) is 5.82 Å². The van der Waals surface area contributed by atoms with Gasteiger partial charge < -0.3 is 4.42 Å². The number of fused-ring (bicyclic) bond motifs is 1.